The van der Waals surface area contributed by atoms with Gasteiger partial charge in [-0.3, -0.25) is 14.5 Å². The summed E-state index contributed by atoms with van der Waals surface area (Å²) in [6.07, 6.45) is 7.52. The predicted octanol–water partition coefficient (Wildman–Crippen LogP) is 1.93. The first-order valence-electron chi connectivity index (χ1n) is 8.58. The molecule has 9 heteroatoms. The molecule has 4 heterocycles. The highest BCUT2D eigenvalue weighted by Crippen LogP contribution is 2.21. The number of nitrogens with one attached hydrogen (secondary N) is 1. The number of halogens is 1. The van der Waals surface area contributed by atoms with Crippen LogP contribution in [0.1, 0.15) is 16.9 Å². The Balaban J connectivity index is 1.45. The van der Waals surface area contributed by atoms with Crippen LogP contribution in [-0.4, -0.2) is 49.8 Å². The molecule has 8 nitrogen and oxygen atoms in total. The first-order valence-corrected chi connectivity index (χ1v) is 8.96. The van der Waals surface area contributed by atoms with Gasteiger partial charge in [-0.05, 0) is 24.6 Å². The first kappa shape index (κ1) is 17.4. The summed E-state index contributed by atoms with van der Waals surface area (Å²) in [5, 5.41) is 7.36. The van der Waals surface area contributed by atoms with Crippen molar-refractivity contribution in [1.82, 2.24) is 30.0 Å². The van der Waals surface area contributed by atoms with E-state index in [0.29, 0.717) is 23.2 Å². The van der Waals surface area contributed by atoms with Crippen molar-refractivity contribution >= 4 is 23.5 Å². The van der Waals surface area contributed by atoms with Gasteiger partial charge in [0.1, 0.15) is 5.69 Å². The summed E-state index contributed by atoms with van der Waals surface area (Å²) in [6, 6.07) is 5.70. The second-order valence-electron chi connectivity index (χ2n) is 6.35. The number of anilines is 1. The van der Waals surface area contributed by atoms with E-state index in [2.05, 4.69) is 30.3 Å². The van der Waals surface area contributed by atoms with Crippen molar-refractivity contribution in [1.29, 1.82) is 0 Å². The summed E-state index contributed by atoms with van der Waals surface area (Å²) in [5.41, 5.74) is 2.13. The van der Waals surface area contributed by atoms with Gasteiger partial charge in [0.15, 0.2) is 0 Å². The Morgan fingerprint density at radius 1 is 1.30 bits per heavy atom. The third-order valence-electron chi connectivity index (χ3n) is 4.52. The fraction of sp³-hybridized carbons (Fsp3) is 0.278. The zero-order valence-electron chi connectivity index (χ0n) is 14.7. The number of nitrogens with zero attached hydrogens (tertiary/aromatic N) is 6. The van der Waals surface area contributed by atoms with Crippen LogP contribution in [0.4, 0.5) is 5.95 Å². The smallest absolute Gasteiger partial charge is 0.271 e. The highest BCUT2D eigenvalue weighted by molar-refractivity contribution is 6.33. The molecule has 1 atom stereocenters. The second kappa shape index (κ2) is 7.32. The molecule has 3 aromatic heterocycles. The van der Waals surface area contributed by atoms with Crippen molar-refractivity contribution < 1.29 is 4.79 Å². The lowest BCUT2D eigenvalue weighted by Gasteiger charge is -2.17. The lowest BCUT2D eigenvalue weighted by Crippen LogP contribution is -2.38. The zero-order chi connectivity index (χ0) is 18.8. The average Bonchev–Trinajstić information content (AvgIpc) is 3.29. The minimum absolute atomic E-state index is 0.00545. The van der Waals surface area contributed by atoms with E-state index in [-0.39, 0.29) is 11.9 Å². The van der Waals surface area contributed by atoms with Gasteiger partial charge in [-0.15, -0.1) is 0 Å². The van der Waals surface area contributed by atoms with E-state index in [4.69, 9.17) is 11.6 Å². The van der Waals surface area contributed by atoms with Crippen LogP contribution in [0.2, 0.25) is 5.02 Å². The van der Waals surface area contributed by atoms with Crippen LogP contribution in [0.3, 0.4) is 0 Å². The van der Waals surface area contributed by atoms with Gasteiger partial charge < -0.3 is 10.2 Å². The summed E-state index contributed by atoms with van der Waals surface area (Å²) < 4.78 is 1.48. The number of amides is 1. The van der Waals surface area contributed by atoms with Gasteiger partial charge in [-0.25, -0.2) is 9.97 Å². The van der Waals surface area contributed by atoms with E-state index >= 15 is 0 Å². The minimum atomic E-state index is -0.225. The molecule has 1 fully saturated rings. The second-order valence-corrected chi connectivity index (χ2v) is 6.76. The molecule has 4 rings (SSSR count). The number of rotatable bonds is 4. The monoisotopic (exact) mass is 383 g/mol. The quantitative estimate of drug-likeness (QED) is 0.740. The molecule has 1 unspecified atom stereocenters. The van der Waals surface area contributed by atoms with Crippen molar-refractivity contribution in [2.45, 2.75) is 12.5 Å². The average molecular weight is 384 g/mol. The summed E-state index contributed by atoms with van der Waals surface area (Å²) in [7, 11) is 1.69. The maximum Gasteiger partial charge on any atom is 0.271 e. The minimum Gasteiger partial charge on any atom is -0.346 e. The molecular weight excluding hydrogens is 366 g/mol. The normalized spacial score (nSPS) is 16.5. The zero-order valence-corrected chi connectivity index (χ0v) is 15.5. The van der Waals surface area contributed by atoms with E-state index in [1.54, 1.807) is 25.6 Å². The molecule has 138 valence electrons. The standard InChI is InChI=1S/C18H18ClN7O/c1-25-16(14(19)10-22-25)17(27)23-13-5-8-26(11-13)18-21-7-4-15(24-18)12-3-2-6-20-9-12/h2-4,6-7,9-10,13H,5,8,11H2,1H3,(H,23,27). The molecule has 0 bridgehead atoms. The van der Waals surface area contributed by atoms with Gasteiger partial charge in [0, 0.05) is 50.3 Å². The van der Waals surface area contributed by atoms with Crippen molar-refractivity contribution in [3.05, 3.63) is 53.7 Å². The molecule has 1 N–H and O–H groups in total. The number of carbonyl (C=O) groups is 1. The molecule has 0 aromatic carbocycles. The van der Waals surface area contributed by atoms with E-state index in [1.165, 1.54) is 10.9 Å². The number of aromatic nitrogens is 5. The van der Waals surface area contributed by atoms with E-state index in [9.17, 15) is 4.79 Å². The van der Waals surface area contributed by atoms with Crippen molar-refractivity contribution in [2.75, 3.05) is 18.0 Å². The Morgan fingerprint density at radius 2 is 2.19 bits per heavy atom. The predicted molar refractivity (Wildman–Crippen MR) is 102 cm³/mol. The molecule has 1 aliphatic heterocycles. The van der Waals surface area contributed by atoms with Gasteiger partial charge in [0.05, 0.1) is 16.9 Å². The SMILES string of the molecule is Cn1ncc(Cl)c1C(=O)NC1CCN(c2nccc(-c3cccnc3)n2)C1. The van der Waals surface area contributed by atoms with Crippen LogP contribution >= 0.6 is 11.6 Å². The summed E-state index contributed by atoms with van der Waals surface area (Å²) in [6.45, 7) is 1.40. The van der Waals surface area contributed by atoms with Crippen LogP contribution in [0.25, 0.3) is 11.3 Å². The number of hydrogen-bond acceptors (Lipinski definition) is 6. The largest absolute Gasteiger partial charge is 0.346 e. The molecule has 0 saturated carbocycles. The maximum atomic E-state index is 12.5. The van der Waals surface area contributed by atoms with Gasteiger partial charge in [0.2, 0.25) is 5.95 Å². The van der Waals surface area contributed by atoms with Gasteiger partial charge in [-0.2, -0.15) is 5.10 Å². The Labute approximate surface area is 161 Å². The summed E-state index contributed by atoms with van der Waals surface area (Å²) >= 11 is 6.05. The molecule has 0 radical (unpaired) electrons. The summed E-state index contributed by atoms with van der Waals surface area (Å²) in [4.78, 5) is 27.7. The van der Waals surface area contributed by atoms with Gasteiger partial charge >= 0.3 is 0 Å². The topological polar surface area (TPSA) is 88.8 Å². The van der Waals surface area contributed by atoms with E-state index in [0.717, 1.165) is 24.2 Å². The number of pyridine rings is 1. The Kier molecular flexibility index (Phi) is 4.72. The van der Waals surface area contributed by atoms with Crippen molar-refractivity contribution in [3.8, 4) is 11.3 Å². The van der Waals surface area contributed by atoms with Crippen molar-refractivity contribution in [2.24, 2.45) is 7.05 Å². The molecule has 1 aliphatic rings. The molecule has 1 amide bonds. The maximum absolute atomic E-state index is 12.5. The number of carbonyl (C=O) groups excluding carboxylic acids is 1. The van der Waals surface area contributed by atoms with Gasteiger partial charge in [-0.1, -0.05) is 11.6 Å². The van der Waals surface area contributed by atoms with E-state index in [1.807, 2.05) is 18.2 Å². The van der Waals surface area contributed by atoms with Gasteiger partial charge in [0.25, 0.3) is 5.91 Å². The third-order valence-corrected chi connectivity index (χ3v) is 4.79. The van der Waals surface area contributed by atoms with E-state index < -0.39 is 0 Å². The molecular formula is C18H18ClN7O. The Hall–Kier alpha value is -3.00. The Bertz CT molecular complexity index is 940. The highest BCUT2D eigenvalue weighted by atomic mass is 35.5. The lowest BCUT2D eigenvalue weighted by atomic mass is 10.2. The lowest BCUT2D eigenvalue weighted by molar-refractivity contribution is 0.0931. The van der Waals surface area contributed by atoms with Crippen LogP contribution in [-0.2, 0) is 7.05 Å². The van der Waals surface area contributed by atoms with Crippen molar-refractivity contribution in [3.63, 3.8) is 0 Å². The molecule has 0 spiro atoms. The number of hydrogen-bond donors (Lipinski definition) is 1. The van der Waals surface area contributed by atoms with Crippen LogP contribution < -0.4 is 10.2 Å². The van der Waals surface area contributed by atoms with Crippen LogP contribution in [0.15, 0.2) is 43.0 Å². The third kappa shape index (κ3) is 3.61. The molecule has 3 aromatic rings. The fourth-order valence-electron chi connectivity index (χ4n) is 3.16. The van der Waals surface area contributed by atoms with Crippen LogP contribution in [0, 0.1) is 0 Å². The Morgan fingerprint density at radius 3 is 2.93 bits per heavy atom. The number of aryl methyl sites for hydroxylation is 1. The molecule has 27 heavy (non-hydrogen) atoms. The molecule has 1 saturated heterocycles. The molecule has 0 aliphatic carbocycles. The summed E-state index contributed by atoms with van der Waals surface area (Å²) in [5.74, 6) is 0.420. The first-order chi connectivity index (χ1) is 13.1. The highest BCUT2D eigenvalue weighted by Gasteiger charge is 2.27. The van der Waals surface area contributed by atoms with Crippen LogP contribution in [0.5, 0.6) is 0 Å². The fourth-order valence-corrected chi connectivity index (χ4v) is 3.41.